The summed E-state index contributed by atoms with van der Waals surface area (Å²) in [6.45, 7) is 6.23. The normalized spacial score (nSPS) is 26.6. The molecule has 0 saturated carbocycles. The summed E-state index contributed by atoms with van der Waals surface area (Å²) in [7, 11) is -3.32. The molecule has 2 atom stereocenters. The lowest BCUT2D eigenvalue weighted by Crippen LogP contribution is -2.43. The molecule has 7 heteroatoms. The first-order valence-corrected chi connectivity index (χ1v) is 9.65. The van der Waals surface area contributed by atoms with Gasteiger partial charge in [-0.05, 0) is 32.7 Å². The number of amides is 1. The third-order valence-corrected chi connectivity index (χ3v) is 5.86. The molecule has 1 amide bonds. The van der Waals surface area contributed by atoms with Crippen molar-refractivity contribution in [2.45, 2.75) is 37.5 Å². The Morgan fingerprint density at radius 1 is 1.24 bits per heavy atom. The quantitative estimate of drug-likeness (QED) is 0.737. The summed E-state index contributed by atoms with van der Waals surface area (Å²) in [6.07, 6.45) is 4.58. The minimum atomic E-state index is -3.32. The number of nitrogens with zero attached hydrogens (tertiary/aromatic N) is 2. The average Bonchev–Trinajstić information content (AvgIpc) is 2.81. The van der Waals surface area contributed by atoms with E-state index in [0.717, 1.165) is 51.8 Å². The second kappa shape index (κ2) is 7.07. The van der Waals surface area contributed by atoms with Crippen LogP contribution in [0, 0.1) is 0 Å². The van der Waals surface area contributed by atoms with E-state index in [1.165, 1.54) is 6.92 Å². The van der Waals surface area contributed by atoms with Gasteiger partial charge in [0.25, 0.3) is 0 Å². The van der Waals surface area contributed by atoms with Crippen LogP contribution in [0.5, 0.6) is 0 Å². The molecular weight excluding hydrogens is 292 g/mol. The lowest BCUT2D eigenvalue weighted by molar-refractivity contribution is -0.130. The van der Waals surface area contributed by atoms with Crippen molar-refractivity contribution in [1.29, 1.82) is 0 Å². The molecule has 0 aromatic rings. The van der Waals surface area contributed by atoms with E-state index < -0.39 is 15.1 Å². The van der Waals surface area contributed by atoms with Crippen LogP contribution in [0.2, 0.25) is 0 Å². The van der Waals surface area contributed by atoms with E-state index in [-0.39, 0.29) is 5.91 Å². The van der Waals surface area contributed by atoms with E-state index in [9.17, 15) is 13.2 Å². The third kappa shape index (κ3) is 4.66. The summed E-state index contributed by atoms with van der Waals surface area (Å²) < 4.78 is 28.7. The highest BCUT2D eigenvalue weighted by molar-refractivity contribution is 7.92. The first-order valence-electron chi connectivity index (χ1n) is 7.69. The van der Waals surface area contributed by atoms with Gasteiger partial charge in [-0.15, -0.1) is 0 Å². The summed E-state index contributed by atoms with van der Waals surface area (Å²) in [5, 5.41) is -0.942. The van der Waals surface area contributed by atoms with Gasteiger partial charge in [-0.1, -0.05) is 0 Å². The second-order valence-electron chi connectivity index (χ2n) is 6.09. The fraction of sp³-hybridized carbons (Fsp3) is 0.929. The minimum absolute atomic E-state index is 0.267. The van der Waals surface area contributed by atoms with Gasteiger partial charge >= 0.3 is 0 Å². The van der Waals surface area contributed by atoms with Crippen LogP contribution >= 0.6 is 0 Å². The highest BCUT2D eigenvalue weighted by Crippen LogP contribution is 2.15. The summed E-state index contributed by atoms with van der Waals surface area (Å²) in [4.78, 5) is 16.3. The van der Waals surface area contributed by atoms with Crippen LogP contribution in [0.25, 0.3) is 0 Å². The number of hydrogen-bond donors (Lipinski definition) is 0. The van der Waals surface area contributed by atoms with Crippen LogP contribution in [0.3, 0.4) is 0 Å². The average molecular weight is 318 g/mol. The zero-order valence-corrected chi connectivity index (χ0v) is 13.8. The molecule has 0 bridgehead atoms. The van der Waals surface area contributed by atoms with Gasteiger partial charge in [-0.2, -0.15) is 0 Å². The first kappa shape index (κ1) is 16.7. The van der Waals surface area contributed by atoms with Crippen molar-refractivity contribution in [3.8, 4) is 0 Å². The van der Waals surface area contributed by atoms with Crippen molar-refractivity contribution < 1.29 is 17.9 Å². The lowest BCUT2D eigenvalue weighted by atomic mass is 10.2. The Morgan fingerprint density at radius 2 is 2.00 bits per heavy atom. The van der Waals surface area contributed by atoms with Gasteiger partial charge < -0.3 is 9.64 Å². The van der Waals surface area contributed by atoms with Gasteiger partial charge in [0.05, 0.1) is 6.10 Å². The van der Waals surface area contributed by atoms with Crippen LogP contribution in [0.1, 0.15) is 26.2 Å². The van der Waals surface area contributed by atoms with E-state index in [4.69, 9.17) is 4.74 Å². The number of sulfone groups is 1. The molecule has 6 nitrogen and oxygen atoms in total. The number of carbonyl (C=O) groups excluding carboxylic acids is 1. The molecule has 2 heterocycles. The fourth-order valence-electron chi connectivity index (χ4n) is 2.89. The van der Waals surface area contributed by atoms with Gasteiger partial charge in [-0.3, -0.25) is 9.69 Å². The highest BCUT2D eigenvalue weighted by atomic mass is 32.2. The molecule has 0 unspecified atom stereocenters. The largest absolute Gasteiger partial charge is 0.377 e. The molecule has 0 aliphatic carbocycles. The van der Waals surface area contributed by atoms with Gasteiger partial charge in [0.1, 0.15) is 5.25 Å². The minimum Gasteiger partial charge on any atom is -0.377 e. The molecule has 0 aromatic heterocycles. The Labute approximate surface area is 127 Å². The molecule has 0 radical (unpaired) electrons. The molecule has 2 saturated heterocycles. The van der Waals surface area contributed by atoms with E-state index in [2.05, 4.69) is 4.90 Å². The van der Waals surface area contributed by atoms with E-state index >= 15 is 0 Å². The Hall–Kier alpha value is -0.660. The monoisotopic (exact) mass is 318 g/mol. The van der Waals surface area contributed by atoms with Gasteiger partial charge in [0.2, 0.25) is 5.91 Å². The van der Waals surface area contributed by atoms with E-state index in [1.54, 1.807) is 4.90 Å². The number of ether oxygens (including phenoxy) is 1. The van der Waals surface area contributed by atoms with Crippen molar-refractivity contribution in [3.05, 3.63) is 0 Å². The summed E-state index contributed by atoms with van der Waals surface area (Å²) in [6, 6.07) is 0. The topological polar surface area (TPSA) is 66.9 Å². The van der Waals surface area contributed by atoms with Crippen LogP contribution in [-0.4, -0.2) is 81.1 Å². The molecule has 0 spiro atoms. The summed E-state index contributed by atoms with van der Waals surface area (Å²) >= 11 is 0. The van der Waals surface area contributed by atoms with Gasteiger partial charge in [0, 0.05) is 39.0 Å². The van der Waals surface area contributed by atoms with Crippen LogP contribution in [-0.2, 0) is 19.4 Å². The van der Waals surface area contributed by atoms with Gasteiger partial charge in [-0.25, -0.2) is 8.42 Å². The van der Waals surface area contributed by atoms with Crippen LogP contribution < -0.4 is 0 Å². The molecule has 2 aliphatic rings. The molecule has 2 rings (SSSR count). The molecular formula is C14H26N2O4S. The van der Waals surface area contributed by atoms with Crippen molar-refractivity contribution in [1.82, 2.24) is 9.80 Å². The summed E-state index contributed by atoms with van der Waals surface area (Å²) in [5.41, 5.74) is 0. The Balaban J connectivity index is 1.86. The number of hydrogen-bond acceptors (Lipinski definition) is 5. The summed E-state index contributed by atoms with van der Waals surface area (Å²) in [5.74, 6) is -0.267. The lowest BCUT2D eigenvalue weighted by Gasteiger charge is -2.25. The Morgan fingerprint density at radius 3 is 2.62 bits per heavy atom. The Kier molecular flexibility index (Phi) is 5.62. The zero-order chi connectivity index (χ0) is 15.5. The maximum atomic E-state index is 12.3. The van der Waals surface area contributed by atoms with E-state index in [1.807, 2.05) is 0 Å². The van der Waals surface area contributed by atoms with Crippen molar-refractivity contribution in [2.75, 3.05) is 45.6 Å². The fourth-order valence-corrected chi connectivity index (χ4v) is 3.41. The van der Waals surface area contributed by atoms with Crippen molar-refractivity contribution in [2.24, 2.45) is 0 Å². The maximum absolute atomic E-state index is 12.3. The molecule has 122 valence electrons. The molecule has 2 fully saturated rings. The molecule has 21 heavy (non-hydrogen) atoms. The standard InChI is InChI=1S/C14H26N2O4S/c1-12(21(2,18)19)14(17)16-7-4-6-15(8-9-16)11-13-5-3-10-20-13/h12-13H,3-11H2,1-2H3/t12-,13-/m1/s1. The van der Waals surface area contributed by atoms with Crippen LogP contribution in [0.4, 0.5) is 0 Å². The highest BCUT2D eigenvalue weighted by Gasteiger charge is 2.30. The predicted octanol–water partition coefficient (Wildman–Crippen LogP) is 0.133. The number of carbonyl (C=O) groups is 1. The molecule has 2 aliphatic heterocycles. The third-order valence-electron chi connectivity index (χ3n) is 4.38. The first-order chi connectivity index (χ1) is 9.88. The smallest absolute Gasteiger partial charge is 0.240 e. The zero-order valence-electron chi connectivity index (χ0n) is 13.0. The van der Waals surface area contributed by atoms with E-state index in [0.29, 0.717) is 19.2 Å². The second-order valence-corrected chi connectivity index (χ2v) is 8.45. The molecule has 0 N–H and O–H groups in total. The predicted molar refractivity (Wildman–Crippen MR) is 80.9 cm³/mol. The van der Waals surface area contributed by atoms with Crippen LogP contribution in [0.15, 0.2) is 0 Å². The van der Waals surface area contributed by atoms with Crippen molar-refractivity contribution in [3.63, 3.8) is 0 Å². The SMILES string of the molecule is C[C@H](C(=O)N1CCCN(C[C@H]2CCCO2)CC1)S(C)(=O)=O. The molecule has 0 aromatic carbocycles. The van der Waals surface area contributed by atoms with Gasteiger partial charge in [0.15, 0.2) is 9.84 Å². The van der Waals surface area contributed by atoms with Crippen molar-refractivity contribution >= 4 is 15.7 Å². The Bertz CT molecular complexity index is 460. The maximum Gasteiger partial charge on any atom is 0.240 e. The number of rotatable bonds is 4.